The maximum atomic E-state index is 11.9. The molecule has 1 rings (SSSR count). The Kier molecular flexibility index (Phi) is 3.84. The monoisotopic (exact) mass is 191 g/mol. The highest BCUT2D eigenvalue weighted by Gasteiger charge is 2.15. The molecule has 0 saturated carbocycles. The largest absolute Gasteiger partial charge is 0.310 e. The highest BCUT2D eigenvalue weighted by atomic mass is 16.1. The summed E-state index contributed by atoms with van der Waals surface area (Å²) in [6.07, 6.45) is 0.823. The summed E-state index contributed by atoms with van der Waals surface area (Å²) in [5.41, 5.74) is 1.97. The van der Waals surface area contributed by atoms with Crippen LogP contribution in [-0.4, -0.2) is 18.9 Å². The summed E-state index contributed by atoms with van der Waals surface area (Å²) < 4.78 is 0. The molecule has 1 aromatic rings. The molecule has 0 heterocycles. The molecule has 0 unspecified atom stereocenters. The molecule has 1 aromatic carbocycles. The highest BCUT2D eigenvalue weighted by molar-refractivity contribution is 6.00. The van der Waals surface area contributed by atoms with Crippen LogP contribution >= 0.6 is 0 Å². The van der Waals surface area contributed by atoms with Crippen LogP contribution in [0.1, 0.15) is 29.3 Å². The molecule has 0 amide bonds. The van der Waals surface area contributed by atoms with Crippen molar-refractivity contribution < 1.29 is 4.79 Å². The lowest BCUT2D eigenvalue weighted by Gasteiger charge is -2.12. The minimum absolute atomic E-state index is 0.0577. The zero-order valence-corrected chi connectivity index (χ0v) is 9.00. The predicted molar refractivity (Wildman–Crippen MR) is 58.6 cm³/mol. The van der Waals surface area contributed by atoms with E-state index in [0.717, 1.165) is 12.0 Å². The Balaban J connectivity index is 2.83. The lowest BCUT2D eigenvalue weighted by molar-refractivity contribution is 0.0945. The predicted octanol–water partition coefficient (Wildman–Crippen LogP) is 2.18. The van der Waals surface area contributed by atoms with Crippen molar-refractivity contribution in [1.82, 2.24) is 5.32 Å². The van der Waals surface area contributed by atoms with Gasteiger partial charge in [0.05, 0.1) is 6.04 Å². The van der Waals surface area contributed by atoms with Crippen molar-refractivity contribution in [3.63, 3.8) is 0 Å². The minimum atomic E-state index is -0.0577. The number of likely N-dealkylation sites (N-methyl/N-ethyl adjacent to an activating group) is 1. The average molecular weight is 191 g/mol. The standard InChI is InChI=1S/C12H17NO/c1-4-11(13-3)12(14)10-7-5-9(2)6-8-10/h5-8,11,13H,4H2,1-3H3/t11-/m1/s1. The van der Waals surface area contributed by atoms with Gasteiger partial charge in [-0.2, -0.15) is 0 Å². The van der Waals surface area contributed by atoms with Crippen LogP contribution in [-0.2, 0) is 0 Å². The molecule has 76 valence electrons. The number of nitrogens with one attached hydrogen (secondary N) is 1. The van der Waals surface area contributed by atoms with Crippen LogP contribution in [0.4, 0.5) is 0 Å². The number of aryl methyl sites for hydroxylation is 1. The number of carbonyl (C=O) groups excluding carboxylic acids is 1. The Bertz CT molecular complexity index is 299. The number of ketones is 1. The van der Waals surface area contributed by atoms with Crippen LogP contribution in [0.15, 0.2) is 24.3 Å². The summed E-state index contributed by atoms with van der Waals surface area (Å²) in [7, 11) is 1.82. The van der Waals surface area contributed by atoms with Crippen molar-refractivity contribution >= 4 is 5.78 Å². The molecule has 1 N–H and O–H groups in total. The summed E-state index contributed by atoms with van der Waals surface area (Å²) in [5.74, 6) is 0.176. The van der Waals surface area contributed by atoms with Gasteiger partial charge in [-0.25, -0.2) is 0 Å². The Morgan fingerprint density at radius 2 is 1.93 bits per heavy atom. The van der Waals surface area contributed by atoms with E-state index in [1.807, 2.05) is 45.2 Å². The van der Waals surface area contributed by atoms with Crippen molar-refractivity contribution in [3.05, 3.63) is 35.4 Å². The van der Waals surface area contributed by atoms with E-state index in [-0.39, 0.29) is 11.8 Å². The van der Waals surface area contributed by atoms with E-state index in [0.29, 0.717) is 0 Å². The van der Waals surface area contributed by atoms with E-state index in [1.54, 1.807) is 0 Å². The molecule has 0 saturated heterocycles. The maximum absolute atomic E-state index is 11.9. The normalized spacial score (nSPS) is 12.5. The van der Waals surface area contributed by atoms with Crippen LogP contribution in [0.2, 0.25) is 0 Å². The smallest absolute Gasteiger partial charge is 0.179 e. The molecule has 0 aliphatic heterocycles. The third-order valence-electron chi connectivity index (χ3n) is 2.41. The zero-order chi connectivity index (χ0) is 10.6. The fourth-order valence-electron chi connectivity index (χ4n) is 1.44. The molecule has 0 bridgehead atoms. The SMILES string of the molecule is CC[C@@H](NC)C(=O)c1ccc(C)cc1. The van der Waals surface area contributed by atoms with E-state index in [2.05, 4.69) is 5.32 Å². The molecule has 0 aliphatic carbocycles. The first-order valence-electron chi connectivity index (χ1n) is 4.97. The third-order valence-corrected chi connectivity index (χ3v) is 2.41. The molecule has 14 heavy (non-hydrogen) atoms. The van der Waals surface area contributed by atoms with E-state index in [1.165, 1.54) is 5.56 Å². The number of Topliss-reactive ketones (excluding diaryl/α,β-unsaturated/α-hetero) is 1. The van der Waals surface area contributed by atoms with Gasteiger partial charge in [0.2, 0.25) is 0 Å². The maximum Gasteiger partial charge on any atom is 0.179 e. The van der Waals surface area contributed by atoms with Crippen molar-refractivity contribution in [3.8, 4) is 0 Å². The fraction of sp³-hybridized carbons (Fsp3) is 0.417. The van der Waals surface area contributed by atoms with Gasteiger partial charge in [-0.3, -0.25) is 4.79 Å². The van der Waals surface area contributed by atoms with E-state index >= 15 is 0 Å². The molecular formula is C12H17NO. The van der Waals surface area contributed by atoms with Gasteiger partial charge in [-0.15, -0.1) is 0 Å². The first-order chi connectivity index (χ1) is 6.69. The molecule has 0 fully saturated rings. The number of carbonyl (C=O) groups is 1. The van der Waals surface area contributed by atoms with Gasteiger partial charge in [0.1, 0.15) is 0 Å². The van der Waals surface area contributed by atoms with Gasteiger partial charge in [-0.1, -0.05) is 36.8 Å². The zero-order valence-electron chi connectivity index (χ0n) is 9.00. The second-order valence-electron chi connectivity index (χ2n) is 3.48. The summed E-state index contributed by atoms with van der Waals surface area (Å²) in [6.45, 7) is 4.02. The average Bonchev–Trinajstić information content (AvgIpc) is 2.20. The number of rotatable bonds is 4. The number of benzene rings is 1. The minimum Gasteiger partial charge on any atom is -0.310 e. The van der Waals surface area contributed by atoms with Crippen LogP contribution in [0, 0.1) is 6.92 Å². The topological polar surface area (TPSA) is 29.1 Å². The van der Waals surface area contributed by atoms with Gasteiger partial charge >= 0.3 is 0 Å². The lowest BCUT2D eigenvalue weighted by atomic mass is 10.0. The van der Waals surface area contributed by atoms with Gasteiger partial charge in [0.15, 0.2) is 5.78 Å². The second-order valence-corrected chi connectivity index (χ2v) is 3.48. The molecule has 0 spiro atoms. The Morgan fingerprint density at radius 3 is 2.36 bits per heavy atom. The molecule has 0 aliphatic rings. The van der Waals surface area contributed by atoms with Crippen molar-refractivity contribution in [2.45, 2.75) is 26.3 Å². The highest BCUT2D eigenvalue weighted by Crippen LogP contribution is 2.07. The molecular weight excluding hydrogens is 174 g/mol. The Morgan fingerprint density at radius 1 is 1.36 bits per heavy atom. The summed E-state index contributed by atoms with van der Waals surface area (Å²) in [5, 5.41) is 3.02. The van der Waals surface area contributed by atoms with Crippen LogP contribution in [0.25, 0.3) is 0 Å². The quantitative estimate of drug-likeness (QED) is 0.739. The molecule has 0 radical (unpaired) electrons. The van der Waals surface area contributed by atoms with Gasteiger partial charge in [0, 0.05) is 5.56 Å². The Hall–Kier alpha value is -1.15. The fourth-order valence-corrected chi connectivity index (χ4v) is 1.44. The number of hydrogen-bond donors (Lipinski definition) is 1. The van der Waals surface area contributed by atoms with Crippen molar-refractivity contribution in [1.29, 1.82) is 0 Å². The van der Waals surface area contributed by atoms with Crippen molar-refractivity contribution in [2.75, 3.05) is 7.05 Å². The molecule has 0 aromatic heterocycles. The first kappa shape index (κ1) is 10.9. The van der Waals surface area contributed by atoms with E-state index < -0.39 is 0 Å². The van der Waals surface area contributed by atoms with Crippen LogP contribution in [0.3, 0.4) is 0 Å². The lowest BCUT2D eigenvalue weighted by Crippen LogP contribution is -2.33. The second kappa shape index (κ2) is 4.91. The summed E-state index contributed by atoms with van der Waals surface area (Å²) in [6, 6.07) is 7.65. The van der Waals surface area contributed by atoms with Crippen LogP contribution < -0.4 is 5.32 Å². The number of hydrogen-bond acceptors (Lipinski definition) is 2. The van der Waals surface area contributed by atoms with E-state index in [4.69, 9.17) is 0 Å². The van der Waals surface area contributed by atoms with Gasteiger partial charge in [-0.05, 0) is 20.4 Å². The van der Waals surface area contributed by atoms with Crippen LogP contribution in [0.5, 0.6) is 0 Å². The van der Waals surface area contributed by atoms with Gasteiger partial charge in [0.25, 0.3) is 0 Å². The van der Waals surface area contributed by atoms with Crippen molar-refractivity contribution in [2.24, 2.45) is 0 Å². The molecule has 1 atom stereocenters. The van der Waals surface area contributed by atoms with E-state index in [9.17, 15) is 4.79 Å². The summed E-state index contributed by atoms with van der Waals surface area (Å²) in [4.78, 5) is 11.9. The van der Waals surface area contributed by atoms with Gasteiger partial charge < -0.3 is 5.32 Å². The Labute approximate surface area is 85.3 Å². The molecule has 2 nitrogen and oxygen atoms in total. The first-order valence-corrected chi connectivity index (χ1v) is 4.97. The summed E-state index contributed by atoms with van der Waals surface area (Å²) >= 11 is 0. The molecule has 2 heteroatoms. The third kappa shape index (κ3) is 2.42.